The number of aliphatic hydroxyl groups is 1. The lowest BCUT2D eigenvalue weighted by molar-refractivity contribution is 0.0688. The predicted octanol–water partition coefficient (Wildman–Crippen LogP) is 4.32. The number of benzene rings is 3. The van der Waals surface area contributed by atoms with Crippen molar-refractivity contribution in [3.05, 3.63) is 82.9 Å². The van der Waals surface area contributed by atoms with Gasteiger partial charge in [-0.2, -0.15) is 0 Å². The molecule has 2 heteroatoms. The molecule has 0 saturated carbocycles. The molecule has 0 fully saturated rings. The van der Waals surface area contributed by atoms with Gasteiger partial charge in [-0.3, -0.25) is 0 Å². The summed E-state index contributed by atoms with van der Waals surface area (Å²) in [5.74, 6) is 0.222. The van der Waals surface area contributed by atoms with Gasteiger partial charge in [0, 0.05) is 12.0 Å². The van der Waals surface area contributed by atoms with Crippen molar-refractivity contribution in [1.29, 1.82) is 0 Å². The Labute approximate surface area is 148 Å². The highest BCUT2D eigenvalue weighted by molar-refractivity contribution is 5.87. The lowest BCUT2D eigenvalue weighted by Crippen LogP contribution is -2.39. The van der Waals surface area contributed by atoms with E-state index >= 15 is 0 Å². The van der Waals surface area contributed by atoms with Crippen molar-refractivity contribution in [2.24, 2.45) is 5.92 Å². The first-order valence-corrected chi connectivity index (χ1v) is 9.33. The van der Waals surface area contributed by atoms with Crippen molar-refractivity contribution in [3.8, 4) is 0 Å². The number of fused-ring (bicyclic) bond motifs is 4. The number of hydrogen-bond acceptors (Lipinski definition) is 2. The summed E-state index contributed by atoms with van der Waals surface area (Å²) in [6, 6.07) is 21.8. The lowest BCUT2D eigenvalue weighted by atomic mass is 9.73. The Balaban J connectivity index is 1.60. The molecule has 2 nitrogen and oxygen atoms in total. The minimum Gasteiger partial charge on any atom is -0.388 e. The Morgan fingerprint density at radius 3 is 2.64 bits per heavy atom. The molecule has 25 heavy (non-hydrogen) atoms. The molecular formula is C23H23NO. The first-order chi connectivity index (χ1) is 12.3. The van der Waals surface area contributed by atoms with E-state index in [2.05, 4.69) is 66.0 Å². The maximum Gasteiger partial charge on any atom is 0.0845 e. The van der Waals surface area contributed by atoms with Gasteiger partial charge in [-0.1, -0.05) is 60.7 Å². The molecule has 1 aliphatic heterocycles. The van der Waals surface area contributed by atoms with E-state index in [9.17, 15) is 5.11 Å². The standard InChI is InChI=1S/C23H23NO/c25-23-20(22-19-8-4-2-6-16(19)13-14-24-22)12-11-17-10-9-15-5-1-3-7-18(15)21(17)23/h1-10,20,22-25H,11-14H2/t20-,22-,23-/m0/s1. The Kier molecular flexibility index (Phi) is 3.61. The molecule has 0 amide bonds. The van der Waals surface area contributed by atoms with Gasteiger partial charge in [0.2, 0.25) is 0 Å². The largest absolute Gasteiger partial charge is 0.388 e. The molecule has 0 unspecified atom stereocenters. The third kappa shape index (κ3) is 2.40. The quantitative estimate of drug-likeness (QED) is 0.697. The first kappa shape index (κ1) is 15.1. The van der Waals surface area contributed by atoms with Crippen LogP contribution in [-0.2, 0) is 12.8 Å². The van der Waals surface area contributed by atoms with E-state index < -0.39 is 6.10 Å². The molecule has 3 atom stereocenters. The molecule has 0 aromatic heterocycles. The first-order valence-electron chi connectivity index (χ1n) is 9.33. The average Bonchev–Trinajstić information content (AvgIpc) is 2.68. The summed E-state index contributed by atoms with van der Waals surface area (Å²) in [5, 5.41) is 17.5. The highest BCUT2D eigenvalue weighted by Crippen LogP contribution is 2.45. The molecule has 2 N–H and O–H groups in total. The zero-order valence-corrected chi connectivity index (χ0v) is 14.3. The van der Waals surface area contributed by atoms with Crippen molar-refractivity contribution >= 4 is 10.8 Å². The Morgan fingerprint density at radius 1 is 0.840 bits per heavy atom. The highest BCUT2D eigenvalue weighted by Gasteiger charge is 2.37. The van der Waals surface area contributed by atoms with E-state index in [4.69, 9.17) is 0 Å². The molecule has 2 aliphatic rings. The Morgan fingerprint density at radius 2 is 1.68 bits per heavy atom. The Bertz CT molecular complexity index is 932. The van der Waals surface area contributed by atoms with E-state index in [-0.39, 0.29) is 12.0 Å². The van der Waals surface area contributed by atoms with Gasteiger partial charge >= 0.3 is 0 Å². The molecule has 3 aromatic carbocycles. The van der Waals surface area contributed by atoms with Crippen LogP contribution in [0.1, 0.15) is 40.8 Å². The molecule has 126 valence electrons. The monoisotopic (exact) mass is 329 g/mol. The fourth-order valence-electron chi connectivity index (χ4n) is 4.87. The van der Waals surface area contributed by atoms with Gasteiger partial charge in [0.15, 0.2) is 0 Å². The molecule has 0 radical (unpaired) electrons. The van der Waals surface area contributed by atoms with Crippen LogP contribution in [0.15, 0.2) is 60.7 Å². The van der Waals surface area contributed by atoms with E-state index in [1.54, 1.807) is 0 Å². The second-order valence-electron chi connectivity index (χ2n) is 7.39. The van der Waals surface area contributed by atoms with Crippen LogP contribution in [0, 0.1) is 5.92 Å². The summed E-state index contributed by atoms with van der Waals surface area (Å²) in [7, 11) is 0. The van der Waals surface area contributed by atoms with Crippen molar-refractivity contribution < 1.29 is 5.11 Å². The summed E-state index contributed by atoms with van der Waals surface area (Å²) in [6.45, 7) is 0.993. The molecule has 5 rings (SSSR count). The van der Waals surface area contributed by atoms with Crippen LogP contribution >= 0.6 is 0 Å². The SMILES string of the molecule is O[C@@H]1c2c(ccc3ccccc23)CC[C@H]1[C@H]1NCCc2ccccc21. The summed E-state index contributed by atoms with van der Waals surface area (Å²) < 4.78 is 0. The van der Waals surface area contributed by atoms with Crippen LogP contribution in [-0.4, -0.2) is 11.7 Å². The fraction of sp³-hybridized carbons (Fsp3) is 0.304. The van der Waals surface area contributed by atoms with Crippen LogP contribution in [0.5, 0.6) is 0 Å². The number of aryl methyl sites for hydroxylation is 1. The van der Waals surface area contributed by atoms with E-state index in [1.165, 1.54) is 27.5 Å². The van der Waals surface area contributed by atoms with E-state index in [0.29, 0.717) is 0 Å². The van der Waals surface area contributed by atoms with Gasteiger partial charge < -0.3 is 10.4 Å². The predicted molar refractivity (Wildman–Crippen MR) is 102 cm³/mol. The number of nitrogens with one attached hydrogen (secondary N) is 1. The molecule has 0 bridgehead atoms. The van der Waals surface area contributed by atoms with Crippen LogP contribution in [0.3, 0.4) is 0 Å². The van der Waals surface area contributed by atoms with Crippen LogP contribution in [0.25, 0.3) is 10.8 Å². The summed E-state index contributed by atoms with van der Waals surface area (Å²) in [4.78, 5) is 0. The van der Waals surface area contributed by atoms with Gasteiger partial charge in [0.1, 0.15) is 0 Å². The van der Waals surface area contributed by atoms with Gasteiger partial charge in [0.25, 0.3) is 0 Å². The molecule has 3 aromatic rings. The summed E-state index contributed by atoms with van der Waals surface area (Å²) >= 11 is 0. The second-order valence-corrected chi connectivity index (χ2v) is 7.39. The molecule has 0 spiro atoms. The zero-order valence-electron chi connectivity index (χ0n) is 14.3. The van der Waals surface area contributed by atoms with Gasteiger partial charge in [-0.05, 0) is 58.8 Å². The molecule has 0 saturated heterocycles. The fourth-order valence-corrected chi connectivity index (χ4v) is 4.87. The Hall–Kier alpha value is -2.16. The van der Waals surface area contributed by atoms with E-state index in [1.807, 2.05) is 0 Å². The van der Waals surface area contributed by atoms with Crippen LogP contribution in [0.4, 0.5) is 0 Å². The maximum absolute atomic E-state index is 11.4. The van der Waals surface area contributed by atoms with Gasteiger partial charge in [-0.15, -0.1) is 0 Å². The topological polar surface area (TPSA) is 32.3 Å². The highest BCUT2D eigenvalue weighted by atomic mass is 16.3. The normalized spacial score (nSPS) is 25.4. The molecular weight excluding hydrogens is 306 g/mol. The zero-order chi connectivity index (χ0) is 16.8. The van der Waals surface area contributed by atoms with Gasteiger partial charge in [-0.25, -0.2) is 0 Å². The van der Waals surface area contributed by atoms with Crippen molar-refractivity contribution in [3.63, 3.8) is 0 Å². The summed E-state index contributed by atoms with van der Waals surface area (Å²) in [5.41, 5.74) is 5.27. The third-order valence-electron chi connectivity index (χ3n) is 6.09. The molecule has 1 heterocycles. The second kappa shape index (κ2) is 5.98. The van der Waals surface area contributed by atoms with Gasteiger partial charge in [0.05, 0.1) is 6.10 Å². The number of hydrogen-bond donors (Lipinski definition) is 2. The van der Waals surface area contributed by atoms with Crippen molar-refractivity contribution in [2.45, 2.75) is 31.4 Å². The minimum atomic E-state index is -0.418. The minimum absolute atomic E-state index is 0.222. The van der Waals surface area contributed by atoms with Crippen molar-refractivity contribution in [2.75, 3.05) is 6.54 Å². The number of rotatable bonds is 1. The lowest BCUT2D eigenvalue weighted by Gasteiger charge is -2.39. The van der Waals surface area contributed by atoms with E-state index in [0.717, 1.165) is 31.4 Å². The van der Waals surface area contributed by atoms with Crippen LogP contribution in [0.2, 0.25) is 0 Å². The third-order valence-corrected chi connectivity index (χ3v) is 6.09. The summed E-state index contributed by atoms with van der Waals surface area (Å²) in [6.07, 6.45) is 2.73. The number of aliphatic hydroxyl groups excluding tert-OH is 1. The van der Waals surface area contributed by atoms with Crippen molar-refractivity contribution in [1.82, 2.24) is 5.32 Å². The average molecular weight is 329 g/mol. The molecule has 1 aliphatic carbocycles. The maximum atomic E-state index is 11.4. The smallest absolute Gasteiger partial charge is 0.0845 e. The van der Waals surface area contributed by atoms with Crippen LogP contribution < -0.4 is 5.32 Å².